The quantitative estimate of drug-likeness (QED) is 0.252. The van der Waals surface area contributed by atoms with E-state index in [1.807, 2.05) is 0 Å². The maximum atomic E-state index is 12.6. The first-order valence-corrected chi connectivity index (χ1v) is 9.47. The van der Waals surface area contributed by atoms with Gasteiger partial charge in [0.2, 0.25) is 0 Å². The van der Waals surface area contributed by atoms with E-state index in [0.717, 1.165) is 4.90 Å². The van der Waals surface area contributed by atoms with Crippen molar-refractivity contribution in [1.29, 1.82) is 0 Å². The van der Waals surface area contributed by atoms with Gasteiger partial charge >= 0.3 is 5.97 Å². The number of esters is 1. The highest BCUT2D eigenvalue weighted by Gasteiger charge is 2.36. The van der Waals surface area contributed by atoms with Crippen molar-refractivity contribution in [3.8, 4) is 5.75 Å². The number of nitrogens with zero attached hydrogens (tertiary/aromatic N) is 2. The topological polar surface area (TPSA) is 116 Å². The van der Waals surface area contributed by atoms with E-state index in [0.29, 0.717) is 28.1 Å². The van der Waals surface area contributed by atoms with Crippen molar-refractivity contribution in [2.75, 3.05) is 12.0 Å². The second-order valence-electron chi connectivity index (χ2n) is 6.87. The Hall–Kier alpha value is -4.53. The normalized spacial score (nSPS) is 12.5. The number of rotatable bonds is 6. The number of methoxy groups -OCH3 is 1. The van der Waals surface area contributed by atoms with E-state index in [4.69, 9.17) is 9.47 Å². The lowest BCUT2D eigenvalue weighted by Crippen LogP contribution is -2.29. The number of nitro benzene ring substituents is 1. The summed E-state index contributed by atoms with van der Waals surface area (Å²) in [5.41, 5.74) is 1.36. The van der Waals surface area contributed by atoms with Crippen molar-refractivity contribution in [1.82, 2.24) is 0 Å². The fourth-order valence-electron chi connectivity index (χ4n) is 3.39. The summed E-state index contributed by atoms with van der Waals surface area (Å²) in [6, 6.07) is 16.4. The molecule has 9 nitrogen and oxygen atoms in total. The molecule has 0 aromatic heterocycles. The summed E-state index contributed by atoms with van der Waals surface area (Å²) in [7, 11) is 1.41. The molecule has 0 radical (unpaired) electrons. The van der Waals surface area contributed by atoms with Gasteiger partial charge in [0.15, 0.2) is 0 Å². The van der Waals surface area contributed by atoms with Crippen LogP contribution in [0, 0.1) is 10.1 Å². The van der Waals surface area contributed by atoms with Gasteiger partial charge in [0.25, 0.3) is 17.5 Å². The average Bonchev–Trinajstić information content (AvgIpc) is 3.07. The largest absolute Gasteiger partial charge is 0.496 e. The number of nitro groups is 1. The standard InChI is InChI=1S/C23H16N2O7/c1-31-20-11-10-17(25(29)30)12-15(20)13-32-23(28)14-6-8-16(9-7-14)24-21(26)18-4-2-3-5-19(18)22(24)27/h2-12H,13H2,1H3. The van der Waals surface area contributed by atoms with Crippen molar-refractivity contribution < 1.29 is 28.8 Å². The highest BCUT2D eigenvalue weighted by Crippen LogP contribution is 2.29. The van der Waals surface area contributed by atoms with Crippen LogP contribution in [0.2, 0.25) is 0 Å². The van der Waals surface area contributed by atoms with Crippen LogP contribution < -0.4 is 9.64 Å². The molecule has 0 N–H and O–H groups in total. The molecular formula is C23H16N2O7. The lowest BCUT2D eigenvalue weighted by molar-refractivity contribution is -0.385. The van der Waals surface area contributed by atoms with E-state index in [1.54, 1.807) is 24.3 Å². The van der Waals surface area contributed by atoms with E-state index in [9.17, 15) is 24.5 Å². The Bertz CT molecular complexity index is 1220. The number of non-ortho nitro benzene ring substituents is 1. The van der Waals surface area contributed by atoms with Gasteiger partial charge in [0.1, 0.15) is 12.4 Å². The molecule has 0 bridgehead atoms. The van der Waals surface area contributed by atoms with E-state index in [1.165, 1.54) is 49.6 Å². The molecular weight excluding hydrogens is 416 g/mol. The number of carbonyl (C=O) groups is 3. The third-order valence-corrected chi connectivity index (χ3v) is 4.99. The van der Waals surface area contributed by atoms with Crippen LogP contribution in [-0.4, -0.2) is 29.8 Å². The molecule has 0 saturated heterocycles. The molecule has 9 heteroatoms. The van der Waals surface area contributed by atoms with Crippen molar-refractivity contribution in [2.45, 2.75) is 6.61 Å². The lowest BCUT2D eigenvalue weighted by atomic mass is 10.1. The van der Waals surface area contributed by atoms with Crippen LogP contribution in [0.4, 0.5) is 11.4 Å². The molecule has 1 aliphatic heterocycles. The Morgan fingerprint density at radius 1 is 0.969 bits per heavy atom. The number of carbonyl (C=O) groups excluding carboxylic acids is 3. The molecule has 1 heterocycles. The second-order valence-corrected chi connectivity index (χ2v) is 6.87. The van der Waals surface area contributed by atoms with Crippen LogP contribution in [0.15, 0.2) is 66.7 Å². The zero-order valence-electron chi connectivity index (χ0n) is 16.8. The maximum absolute atomic E-state index is 12.6. The van der Waals surface area contributed by atoms with Crippen molar-refractivity contribution in [3.05, 3.63) is 99.1 Å². The molecule has 0 aliphatic carbocycles. The molecule has 0 spiro atoms. The Morgan fingerprint density at radius 3 is 2.16 bits per heavy atom. The first kappa shape index (κ1) is 20.7. The van der Waals surface area contributed by atoms with Crippen LogP contribution in [0.1, 0.15) is 36.6 Å². The van der Waals surface area contributed by atoms with E-state index in [-0.39, 0.29) is 17.9 Å². The first-order chi connectivity index (χ1) is 15.4. The highest BCUT2D eigenvalue weighted by molar-refractivity contribution is 6.34. The van der Waals surface area contributed by atoms with Gasteiger partial charge in [0.05, 0.1) is 34.4 Å². The zero-order chi connectivity index (χ0) is 22.8. The van der Waals surface area contributed by atoms with Gasteiger partial charge in [-0.25, -0.2) is 9.69 Å². The summed E-state index contributed by atoms with van der Waals surface area (Å²) in [6.45, 7) is -0.232. The Morgan fingerprint density at radius 2 is 1.59 bits per heavy atom. The van der Waals surface area contributed by atoms with Crippen LogP contribution >= 0.6 is 0 Å². The van der Waals surface area contributed by atoms with E-state index in [2.05, 4.69) is 0 Å². The van der Waals surface area contributed by atoms with Crippen LogP contribution in [0.25, 0.3) is 0 Å². The van der Waals surface area contributed by atoms with Gasteiger partial charge < -0.3 is 9.47 Å². The van der Waals surface area contributed by atoms with Gasteiger partial charge in [-0.15, -0.1) is 0 Å². The second kappa shape index (κ2) is 8.31. The lowest BCUT2D eigenvalue weighted by Gasteiger charge is -2.14. The predicted molar refractivity (Wildman–Crippen MR) is 113 cm³/mol. The molecule has 0 atom stereocenters. The summed E-state index contributed by atoms with van der Waals surface area (Å²) in [6.07, 6.45) is 0. The number of imide groups is 1. The number of amides is 2. The smallest absolute Gasteiger partial charge is 0.338 e. The number of benzene rings is 3. The maximum Gasteiger partial charge on any atom is 0.338 e. The Labute approximate surface area is 181 Å². The molecule has 0 saturated carbocycles. The average molecular weight is 432 g/mol. The number of hydrogen-bond donors (Lipinski definition) is 0. The van der Waals surface area contributed by atoms with Gasteiger partial charge in [-0.1, -0.05) is 12.1 Å². The molecule has 32 heavy (non-hydrogen) atoms. The van der Waals surface area contributed by atoms with E-state index >= 15 is 0 Å². The predicted octanol–water partition coefficient (Wildman–Crippen LogP) is 3.76. The fraction of sp³-hybridized carbons (Fsp3) is 0.0870. The summed E-state index contributed by atoms with van der Waals surface area (Å²) in [4.78, 5) is 49.1. The molecule has 3 aromatic carbocycles. The third kappa shape index (κ3) is 3.67. The summed E-state index contributed by atoms with van der Waals surface area (Å²) in [5, 5.41) is 11.0. The summed E-state index contributed by atoms with van der Waals surface area (Å²) >= 11 is 0. The monoisotopic (exact) mass is 432 g/mol. The molecule has 4 rings (SSSR count). The Kier molecular flexibility index (Phi) is 5.38. The molecule has 2 amide bonds. The van der Waals surface area contributed by atoms with Crippen LogP contribution in [0.3, 0.4) is 0 Å². The van der Waals surface area contributed by atoms with Crippen molar-refractivity contribution >= 4 is 29.2 Å². The van der Waals surface area contributed by atoms with Gasteiger partial charge in [-0.2, -0.15) is 0 Å². The minimum absolute atomic E-state index is 0.151. The Balaban J connectivity index is 1.48. The molecule has 160 valence electrons. The number of ether oxygens (including phenoxy) is 2. The fourth-order valence-corrected chi connectivity index (χ4v) is 3.39. The van der Waals surface area contributed by atoms with Gasteiger partial charge in [-0.05, 0) is 42.5 Å². The van der Waals surface area contributed by atoms with Crippen molar-refractivity contribution in [3.63, 3.8) is 0 Å². The minimum atomic E-state index is -0.674. The minimum Gasteiger partial charge on any atom is -0.496 e. The number of fused-ring (bicyclic) bond motifs is 1. The number of hydrogen-bond acceptors (Lipinski definition) is 7. The summed E-state index contributed by atoms with van der Waals surface area (Å²) < 4.78 is 10.4. The third-order valence-electron chi connectivity index (χ3n) is 4.99. The van der Waals surface area contributed by atoms with Gasteiger partial charge in [0, 0.05) is 17.7 Å². The molecule has 3 aromatic rings. The molecule has 1 aliphatic rings. The zero-order valence-corrected chi connectivity index (χ0v) is 16.8. The van der Waals surface area contributed by atoms with Crippen LogP contribution in [0.5, 0.6) is 5.75 Å². The van der Waals surface area contributed by atoms with Crippen molar-refractivity contribution in [2.24, 2.45) is 0 Å². The van der Waals surface area contributed by atoms with Crippen LogP contribution in [-0.2, 0) is 11.3 Å². The van der Waals surface area contributed by atoms with E-state index < -0.39 is 22.7 Å². The summed E-state index contributed by atoms with van der Waals surface area (Å²) in [5.74, 6) is -1.19. The SMILES string of the molecule is COc1ccc([N+](=O)[O-])cc1COC(=O)c1ccc(N2C(=O)c3ccccc3C2=O)cc1. The highest BCUT2D eigenvalue weighted by atomic mass is 16.6. The molecule has 0 fully saturated rings. The van der Waals surface area contributed by atoms with Gasteiger partial charge in [-0.3, -0.25) is 19.7 Å². The first-order valence-electron chi connectivity index (χ1n) is 9.47. The number of anilines is 1. The molecule has 0 unspecified atom stereocenters.